The van der Waals surface area contributed by atoms with Crippen LogP contribution in [0, 0.1) is 0 Å². The number of nitrogens with two attached hydrogens (primary N) is 1. The van der Waals surface area contributed by atoms with Gasteiger partial charge in [0.25, 0.3) is 0 Å². The van der Waals surface area contributed by atoms with E-state index in [-0.39, 0.29) is 12.2 Å². The number of hydrogen-bond donors (Lipinski definition) is 2. The van der Waals surface area contributed by atoms with Gasteiger partial charge in [0.1, 0.15) is 12.4 Å². The van der Waals surface area contributed by atoms with Crippen molar-refractivity contribution in [2.75, 3.05) is 13.7 Å². The van der Waals surface area contributed by atoms with Crippen LogP contribution < -0.4 is 21.4 Å². The van der Waals surface area contributed by atoms with Crippen molar-refractivity contribution >= 4 is 0 Å². The fourth-order valence-corrected chi connectivity index (χ4v) is 2.26. The molecule has 1 aliphatic heterocycles. The van der Waals surface area contributed by atoms with Crippen molar-refractivity contribution in [1.82, 2.24) is 16.1 Å². The highest BCUT2D eigenvalue weighted by Gasteiger charge is 2.20. The quantitative estimate of drug-likeness (QED) is 0.861. The van der Waals surface area contributed by atoms with Gasteiger partial charge in [-0.05, 0) is 18.1 Å². The Balaban J connectivity index is 0.00000147. The minimum atomic E-state index is 0. The molecule has 1 aromatic heterocycles. The number of hydrogen-bond acceptors (Lipinski definition) is 6. The molecule has 0 unspecified atom stereocenters. The van der Waals surface area contributed by atoms with E-state index < -0.39 is 0 Å². The van der Waals surface area contributed by atoms with E-state index in [0.29, 0.717) is 12.6 Å². The molecule has 1 aromatic carbocycles. The third kappa shape index (κ3) is 2.56. The molecule has 6 nitrogen and oxygen atoms in total. The van der Waals surface area contributed by atoms with Gasteiger partial charge in [0, 0.05) is 29.6 Å². The number of aromatic nitrogens is 2. The van der Waals surface area contributed by atoms with Crippen LogP contribution in [-0.2, 0) is 6.42 Å². The van der Waals surface area contributed by atoms with Crippen molar-refractivity contribution in [2.24, 2.45) is 5.73 Å². The van der Waals surface area contributed by atoms with E-state index in [1.54, 1.807) is 19.5 Å². The number of nitrogens with zero attached hydrogens (tertiary/aromatic N) is 2. The smallest absolute Gasteiger partial charge is 0.316 e. The highest BCUT2D eigenvalue weighted by Crippen LogP contribution is 2.33. The fraction of sp³-hybridized carbons (Fsp3) is 0.286. The van der Waals surface area contributed by atoms with E-state index in [9.17, 15) is 0 Å². The largest absolute Gasteiger partial charge is 0.492 e. The summed E-state index contributed by atoms with van der Waals surface area (Å²) in [6, 6.07) is 6.37. The Morgan fingerprint density at radius 2 is 2.05 bits per heavy atom. The van der Waals surface area contributed by atoms with Crippen molar-refractivity contribution < 1.29 is 9.47 Å². The summed E-state index contributed by atoms with van der Waals surface area (Å²) in [7, 11) is 1.55. The first kappa shape index (κ1) is 14.2. The van der Waals surface area contributed by atoms with Crippen LogP contribution in [0.2, 0.25) is 0 Å². The Bertz CT molecular complexity index is 586. The van der Waals surface area contributed by atoms with Gasteiger partial charge in [0.05, 0.1) is 7.11 Å². The molecule has 6 heteroatoms. The Morgan fingerprint density at radius 1 is 1.30 bits per heavy atom. The van der Waals surface area contributed by atoms with Crippen LogP contribution in [-0.4, -0.2) is 29.7 Å². The lowest BCUT2D eigenvalue weighted by Gasteiger charge is -2.24. The molecule has 5 N–H and O–H groups in total. The lowest BCUT2D eigenvalue weighted by molar-refractivity contribution is 0.264. The van der Waals surface area contributed by atoms with Crippen LogP contribution in [0.5, 0.6) is 11.8 Å². The summed E-state index contributed by atoms with van der Waals surface area (Å²) in [6.07, 6.45) is 4.31. The van der Waals surface area contributed by atoms with E-state index >= 15 is 0 Å². The van der Waals surface area contributed by atoms with E-state index in [2.05, 4.69) is 9.97 Å². The number of ether oxygens (including phenoxy) is 2. The minimum Gasteiger partial charge on any atom is -0.492 e. The molecule has 2 heterocycles. The first-order chi connectivity index (χ1) is 9.28. The maximum atomic E-state index is 5.97. The Labute approximate surface area is 117 Å². The summed E-state index contributed by atoms with van der Waals surface area (Å²) < 4.78 is 10.6. The van der Waals surface area contributed by atoms with Gasteiger partial charge >= 0.3 is 6.01 Å². The molecule has 20 heavy (non-hydrogen) atoms. The molecule has 0 radical (unpaired) electrons. The molecule has 1 aliphatic rings. The third-order valence-electron chi connectivity index (χ3n) is 3.17. The molecule has 0 aliphatic carbocycles. The lowest BCUT2D eigenvalue weighted by atomic mass is 9.94. The second-order valence-electron chi connectivity index (χ2n) is 4.52. The van der Waals surface area contributed by atoms with Crippen LogP contribution in [0.4, 0.5) is 0 Å². The standard InChI is InChI=1S/C14H15N3O2.H3N/c1-18-14-16-6-9(7-17-14)11-3-2-4-13-12(11)5-10(15)8-19-13;/h2-4,6-7,10H,5,8,15H2,1H3;1H3/t10-;/m0./s1. The van der Waals surface area contributed by atoms with Gasteiger partial charge in [-0.2, -0.15) is 0 Å². The molecule has 0 saturated carbocycles. The molecule has 0 spiro atoms. The zero-order chi connectivity index (χ0) is 13.2. The predicted octanol–water partition coefficient (Wildman–Crippen LogP) is 1.58. The molecule has 1 atom stereocenters. The van der Waals surface area contributed by atoms with Gasteiger partial charge in [-0.1, -0.05) is 12.1 Å². The van der Waals surface area contributed by atoms with Gasteiger partial charge in [0.15, 0.2) is 0 Å². The number of benzene rings is 1. The monoisotopic (exact) mass is 274 g/mol. The van der Waals surface area contributed by atoms with Gasteiger partial charge < -0.3 is 21.4 Å². The molecule has 106 valence electrons. The number of rotatable bonds is 2. The Morgan fingerprint density at radius 3 is 2.75 bits per heavy atom. The van der Waals surface area contributed by atoms with E-state index in [1.807, 2.05) is 18.2 Å². The highest BCUT2D eigenvalue weighted by molar-refractivity contribution is 5.69. The normalized spacial score (nSPS) is 16.6. The Hall–Kier alpha value is -2.18. The fourth-order valence-electron chi connectivity index (χ4n) is 2.26. The SMILES string of the molecule is COc1ncc(-c2cccc3c2C[C@H](N)CO3)cn1.N. The summed E-state index contributed by atoms with van der Waals surface area (Å²) in [4.78, 5) is 8.27. The average molecular weight is 274 g/mol. The number of fused-ring (bicyclic) bond motifs is 1. The molecule has 2 aromatic rings. The van der Waals surface area contributed by atoms with Crippen LogP contribution in [0.25, 0.3) is 11.1 Å². The van der Waals surface area contributed by atoms with Gasteiger partial charge in [-0.15, -0.1) is 0 Å². The van der Waals surface area contributed by atoms with Crippen LogP contribution in [0.3, 0.4) is 0 Å². The van der Waals surface area contributed by atoms with Gasteiger partial charge in [-0.25, -0.2) is 9.97 Å². The summed E-state index contributed by atoms with van der Waals surface area (Å²) in [5.74, 6) is 0.898. The zero-order valence-corrected chi connectivity index (χ0v) is 11.4. The molecular formula is C14H18N4O2. The van der Waals surface area contributed by atoms with Crippen molar-refractivity contribution in [3.05, 3.63) is 36.2 Å². The summed E-state index contributed by atoms with van der Waals surface area (Å²) in [5, 5.41) is 0. The number of methoxy groups -OCH3 is 1. The van der Waals surface area contributed by atoms with Crippen molar-refractivity contribution in [3.63, 3.8) is 0 Å². The maximum absolute atomic E-state index is 5.97. The van der Waals surface area contributed by atoms with Gasteiger partial charge in [-0.3, -0.25) is 0 Å². The van der Waals surface area contributed by atoms with Crippen molar-refractivity contribution in [3.8, 4) is 22.9 Å². The van der Waals surface area contributed by atoms with Crippen LogP contribution in [0.1, 0.15) is 5.56 Å². The first-order valence-electron chi connectivity index (χ1n) is 6.14. The van der Waals surface area contributed by atoms with Crippen LogP contribution >= 0.6 is 0 Å². The van der Waals surface area contributed by atoms with E-state index in [1.165, 1.54) is 0 Å². The van der Waals surface area contributed by atoms with E-state index in [4.69, 9.17) is 15.2 Å². The zero-order valence-electron chi connectivity index (χ0n) is 11.4. The van der Waals surface area contributed by atoms with Gasteiger partial charge in [0.2, 0.25) is 0 Å². The highest BCUT2D eigenvalue weighted by atomic mass is 16.5. The van der Waals surface area contributed by atoms with E-state index in [0.717, 1.165) is 28.9 Å². The lowest BCUT2D eigenvalue weighted by Crippen LogP contribution is -2.34. The second kappa shape index (κ2) is 5.85. The predicted molar refractivity (Wildman–Crippen MR) is 76.2 cm³/mol. The molecule has 0 fully saturated rings. The molecule has 3 rings (SSSR count). The summed E-state index contributed by atoms with van der Waals surface area (Å²) in [5.41, 5.74) is 9.09. The molecular weight excluding hydrogens is 256 g/mol. The maximum Gasteiger partial charge on any atom is 0.316 e. The third-order valence-corrected chi connectivity index (χ3v) is 3.17. The van der Waals surface area contributed by atoms with Crippen LogP contribution in [0.15, 0.2) is 30.6 Å². The molecule has 0 saturated heterocycles. The summed E-state index contributed by atoms with van der Waals surface area (Å²) in [6.45, 7) is 0.565. The first-order valence-corrected chi connectivity index (χ1v) is 6.14. The van der Waals surface area contributed by atoms with Crippen molar-refractivity contribution in [2.45, 2.75) is 12.5 Å². The van der Waals surface area contributed by atoms with Crippen molar-refractivity contribution in [1.29, 1.82) is 0 Å². The molecule has 0 bridgehead atoms. The summed E-state index contributed by atoms with van der Waals surface area (Å²) >= 11 is 0. The second-order valence-corrected chi connectivity index (χ2v) is 4.52. The minimum absolute atomic E-state index is 0. The average Bonchev–Trinajstić information content (AvgIpc) is 2.47. The topological polar surface area (TPSA) is 105 Å². The molecule has 0 amide bonds. The Kier molecular flexibility index (Phi) is 4.16.